The Labute approximate surface area is 100 Å². The molecule has 0 rings (SSSR count). The number of rotatable bonds is 6. The Balaban J connectivity index is 5.28. The minimum atomic E-state index is -1.06. The van der Waals surface area contributed by atoms with Crippen molar-refractivity contribution >= 4 is 11.9 Å². The van der Waals surface area contributed by atoms with Crippen LogP contribution in [-0.2, 0) is 14.3 Å². The summed E-state index contributed by atoms with van der Waals surface area (Å²) in [5.41, 5.74) is 0.188. The Kier molecular flexibility index (Phi) is 6.02. The van der Waals surface area contributed by atoms with E-state index in [4.69, 9.17) is 14.9 Å². The number of allylic oxidation sites excluding steroid dienone is 2. The standard InChI is InChI=1S/C12H18O5/c1-5-9(7(3)11(13)14)17-10(6-2)8(4)12(15)16/h5-6H2,1-4H3,(H,13,14)(H,15,16). The Morgan fingerprint density at radius 2 is 1.18 bits per heavy atom. The van der Waals surface area contributed by atoms with Gasteiger partial charge in [-0.3, -0.25) is 0 Å². The van der Waals surface area contributed by atoms with Crippen LogP contribution in [-0.4, -0.2) is 22.2 Å². The highest BCUT2D eigenvalue weighted by molar-refractivity contribution is 5.87. The molecule has 0 aliphatic heterocycles. The minimum Gasteiger partial charge on any atom is -0.478 e. The number of hydrogen-bond acceptors (Lipinski definition) is 3. The van der Waals surface area contributed by atoms with Gasteiger partial charge in [0, 0.05) is 12.8 Å². The van der Waals surface area contributed by atoms with Crippen LogP contribution in [0.25, 0.3) is 0 Å². The second-order valence-corrected chi connectivity index (χ2v) is 3.52. The summed E-state index contributed by atoms with van der Waals surface area (Å²) in [6.07, 6.45) is 0.795. The van der Waals surface area contributed by atoms with Gasteiger partial charge in [0.15, 0.2) is 0 Å². The first-order chi connectivity index (χ1) is 7.84. The van der Waals surface area contributed by atoms with Crippen LogP contribution >= 0.6 is 0 Å². The second kappa shape index (κ2) is 6.73. The lowest BCUT2D eigenvalue weighted by molar-refractivity contribution is -0.133. The maximum absolute atomic E-state index is 10.8. The van der Waals surface area contributed by atoms with Gasteiger partial charge in [0.25, 0.3) is 0 Å². The lowest BCUT2D eigenvalue weighted by atomic mass is 10.2. The minimum absolute atomic E-state index is 0.0941. The molecular weight excluding hydrogens is 224 g/mol. The van der Waals surface area contributed by atoms with Gasteiger partial charge in [0.05, 0.1) is 11.1 Å². The fraction of sp³-hybridized carbons (Fsp3) is 0.500. The molecule has 0 amide bonds. The normalized spacial score (nSPS) is 13.6. The van der Waals surface area contributed by atoms with Crippen molar-refractivity contribution in [2.24, 2.45) is 0 Å². The average molecular weight is 242 g/mol. The van der Waals surface area contributed by atoms with Crippen LogP contribution in [0.5, 0.6) is 0 Å². The van der Waals surface area contributed by atoms with Gasteiger partial charge in [-0.1, -0.05) is 13.8 Å². The quantitative estimate of drug-likeness (QED) is 0.552. The first-order valence-corrected chi connectivity index (χ1v) is 5.39. The van der Waals surface area contributed by atoms with Crippen molar-refractivity contribution in [1.82, 2.24) is 0 Å². The van der Waals surface area contributed by atoms with Crippen molar-refractivity contribution in [2.45, 2.75) is 40.5 Å². The Bertz CT molecular complexity index is 340. The SMILES string of the molecule is CCC(OC(CC)=C(C)C(=O)O)=C(C)C(=O)O. The zero-order valence-electron chi connectivity index (χ0n) is 10.5. The summed E-state index contributed by atoms with van der Waals surface area (Å²) in [5, 5.41) is 17.7. The number of carbonyl (C=O) groups is 2. The monoisotopic (exact) mass is 242 g/mol. The third kappa shape index (κ3) is 4.30. The predicted molar refractivity (Wildman–Crippen MR) is 62.3 cm³/mol. The van der Waals surface area contributed by atoms with E-state index in [1.807, 2.05) is 0 Å². The molecule has 0 spiro atoms. The number of carboxylic acids is 2. The molecule has 0 saturated carbocycles. The van der Waals surface area contributed by atoms with Crippen molar-refractivity contribution in [3.63, 3.8) is 0 Å². The summed E-state index contributed by atoms with van der Waals surface area (Å²) in [5.74, 6) is -1.56. The molecule has 0 atom stereocenters. The maximum Gasteiger partial charge on any atom is 0.334 e. The molecule has 0 saturated heterocycles. The van der Waals surface area contributed by atoms with Crippen molar-refractivity contribution in [1.29, 1.82) is 0 Å². The molecule has 0 fully saturated rings. The number of aliphatic carboxylic acids is 2. The first-order valence-electron chi connectivity index (χ1n) is 5.39. The third-order valence-corrected chi connectivity index (χ3v) is 2.37. The van der Waals surface area contributed by atoms with Crippen molar-refractivity contribution in [2.75, 3.05) is 0 Å². The molecule has 0 radical (unpaired) electrons. The molecule has 0 aliphatic rings. The lowest BCUT2D eigenvalue weighted by Crippen LogP contribution is -2.07. The van der Waals surface area contributed by atoms with E-state index in [0.29, 0.717) is 12.8 Å². The summed E-state index contributed by atoms with van der Waals surface area (Å²) in [7, 11) is 0. The van der Waals surface area contributed by atoms with E-state index in [0.717, 1.165) is 0 Å². The molecule has 0 heterocycles. The van der Waals surface area contributed by atoms with E-state index in [1.54, 1.807) is 13.8 Å². The molecule has 0 aromatic heterocycles. The molecule has 5 heteroatoms. The van der Waals surface area contributed by atoms with Crippen LogP contribution in [0.3, 0.4) is 0 Å². The highest BCUT2D eigenvalue weighted by atomic mass is 16.5. The first kappa shape index (κ1) is 15.2. The molecule has 0 aliphatic carbocycles. The molecular formula is C12H18O5. The van der Waals surface area contributed by atoms with E-state index >= 15 is 0 Å². The predicted octanol–water partition coefficient (Wildman–Crippen LogP) is 2.54. The zero-order valence-corrected chi connectivity index (χ0v) is 10.5. The van der Waals surface area contributed by atoms with Crippen LogP contribution in [0.2, 0.25) is 0 Å². The Morgan fingerprint density at radius 1 is 0.882 bits per heavy atom. The van der Waals surface area contributed by atoms with Crippen molar-refractivity contribution in [3.8, 4) is 0 Å². The van der Waals surface area contributed by atoms with Gasteiger partial charge in [-0.25, -0.2) is 9.59 Å². The van der Waals surface area contributed by atoms with Crippen molar-refractivity contribution < 1.29 is 24.5 Å². The van der Waals surface area contributed by atoms with E-state index in [2.05, 4.69) is 0 Å². The fourth-order valence-corrected chi connectivity index (χ4v) is 1.22. The molecule has 5 nitrogen and oxygen atoms in total. The molecule has 2 N–H and O–H groups in total. The third-order valence-electron chi connectivity index (χ3n) is 2.37. The lowest BCUT2D eigenvalue weighted by Gasteiger charge is -2.14. The van der Waals surface area contributed by atoms with E-state index in [9.17, 15) is 9.59 Å². The molecule has 17 heavy (non-hydrogen) atoms. The molecule has 0 unspecified atom stereocenters. The Morgan fingerprint density at radius 3 is 1.35 bits per heavy atom. The van der Waals surface area contributed by atoms with Crippen LogP contribution in [0.1, 0.15) is 40.5 Å². The summed E-state index contributed by atoms with van der Waals surface area (Å²) >= 11 is 0. The van der Waals surface area contributed by atoms with E-state index < -0.39 is 11.9 Å². The van der Waals surface area contributed by atoms with Crippen LogP contribution in [0, 0.1) is 0 Å². The van der Waals surface area contributed by atoms with Gasteiger partial charge >= 0.3 is 11.9 Å². The van der Waals surface area contributed by atoms with Gasteiger partial charge in [0.1, 0.15) is 11.5 Å². The van der Waals surface area contributed by atoms with E-state index in [1.165, 1.54) is 13.8 Å². The number of ether oxygens (including phenoxy) is 1. The van der Waals surface area contributed by atoms with Gasteiger partial charge in [-0.15, -0.1) is 0 Å². The van der Waals surface area contributed by atoms with Gasteiger partial charge in [-0.2, -0.15) is 0 Å². The van der Waals surface area contributed by atoms with Crippen LogP contribution in [0.15, 0.2) is 22.7 Å². The summed E-state index contributed by atoms with van der Waals surface area (Å²) in [6, 6.07) is 0. The summed E-state index contributed by atoms with van der Waals surface area (Å²) in [4.78, 5) is 21.6. The molecule has 96 valence electrons. The fourth-order valence-electron chi connectivity index (χ4n) is 1.22. The van der Waals surface area contributed by atoms with Gasteiger partial charge in [0.2, 0.25) is 0 Å². The van der Waals surface area contributed by atoms with Gasteiger partial charge in [-0.05, 0) is 13.8 Å². The van der Waals surface area contributed by atoms with Crippen LogP contribution in [0.4, 0.5) is 0 Å². The highest BCUT2D eigenvalue weighted by Gasteiger charge is 2.14. The smallest absolute Gasteiger partial charge is 0.334 e. The second-order valence-electron chi connectivity index (χ2n) is 3.52. The van der Waals surface area contributed by atoms with Crippen molar-refractivity contribution in [3.05, 3.63) is 22.7 Å². The number of carboxylic acid groups (broad SMARTS) is 2. The topological polar surface area (TPSA) is 83.8 Å². The summed E-state index contributed by atoms with van der Waals surface area (Å²) in [6.45, 7) is 6.38. The molecule has 0 bridgehead atoms. The highest BCUT2D eigenvalue weighted by Crippen LogP contribution is 2.20. The Hall–Kier alpha value is -1.78. The zero-order chi connectivity index (χ0) is 13.6. The average Bonchev–Trinajstić information content (AvgIpc) is 2.28. The largest absolute Gasteiger partial charge is 0.478 e. The summed E-state index contributed by atoms with van der Waals surface area (Å²) < 4.78 is 5.39. The number of hydrogen-bond donors (Lipinski definition) is 2. The van der Waals surface area contributed by atoms with Crippen LogP contribution < -0.4 is 0 Å². The van der Waals surface area contributed by atoms with Gasteiger partial charge < -0.3 is 14.9 Å². The molecule has 0 aromatic rings. The molecule has 0 aromatic carbocycles. The maximum atomic E-state index is 10.8. The van der Waals surface area contributed by atoms with E-state index in [-0.39, 0.29) is 22.7 Å².